The van der Waals surface area contributed by atoms with Gasteiger partial charge in [0.1, 0.15) is 12.4 Å². The van der Waals surface area contributed by atoms with Crippen LogP contribution < -0.4 is 10.6 Å². The zero-order valence-corrected chi connectivity index (χ0v) is 16.4. The molecule has 148 valence electrons. The lowest BCUT2D eigenvalue weighted by atomic mass is 10.1. The Bertz CT molecular complexity index is 656. The standard InChI is InChI=1S/C21H31N3O3/c1-3-22-21(23-12-8-13-26-17-20-11-7-14-27-20)24-15-18-9-5-6-10-19(18)16-25-4-2/h5-7,9-11,14H,3-4,8,12-13,15-17H2,1-2H3,(H2,22,23,24). The van der Waals surface area contributed by atoms with Gasteiger partial charge in [0.25, 0.3) is 0 Å². The zero-order chi connectivity index (χ0) is 19.2. The normalized spacial score (nSPS) is 11.6. The Balaban J connectivity index is 1.75. The number of guanidine groups is 1. The summed E-state index contributed by atoms with van der Waals surface area (Å²) in [6.45, 7) is 8.82. The number of furan rings is 1. The average molecular weight is 373 g/mol. The van der Waals surface area contributed by atoms with Crippen LogP contribution in [-0.4, -0.2) is 32.3 Å². The molecule has 1 heterocycles. The Morgan fingerprint density at radius 2 is 1.85 bits per heavy atom. The molecule has 6 nitrogen and oxygen atoms in total. The summed E-state index contributed by atoms with van der Waals surface area (Å²) in [6.07, 6.45) is 2.55. The van der Waals surface area contributed by atoms with Gasteiger partial charge in [-0.2, -0.15) is 0 Å². The Morgan fingerprint density at radius 3 is 2.59 bits per heavy atom. The van der Waals surface area contributed by atoms with Gasteiger partial charge in [0.15, 0.2) is 5.96 Å². The van der Waals surface area contributed by atoms with Crippen LogP contribution in [0.2, 0.25) is 0 Å². The van der Waals surface area contributed by atoms with Crippen molar-refractivity contribution < 1.29 is 13.9 Å². The summed E-state index contributed by atoms with van der Waals surface area (Å²) in [4.78, 5) is 4.69. The SMILES string of the molecule is CCNC(=NCc1ccccc1COCC)NCCCOCc1ccco1. The van der Waals surface area contributed by atoms with E-state index in [-0.39, 0.29) is 0 Å². The van der Waals surface area contributed by atoms with Crippen molar-refractivity contribution in [3.63, 3.8) is 0 Å². The first kappa shape index (κ1) is 21.0. The molecular formula is C21H31N3O3. The second-order valence-electron chi connectivity index (χ2n) is 6.01. The predicted molar refractivity (Wildman–Crippen MR) is 108 cm³/mol. The van der Waals surface area contributed by atoms with E-state index in [2.05, 4.69) is 29.7 Å². The van der Waals surface area contributed by atoms with Crippen LogP contribution in [0.5, 0.6) is 0 Å². The van der Waals surface area contributed by atoms with Gasteiger partial charge in [0.2, 0.25) is 0 Å². The van der Waals surface area contributed by atoms with Crippen LogP contribution >= 0.6 is 0 Å². The molecule has 0 aliphatic heterocycles. The molecule has 0 fully saturated rings. The van der Waals surface area contributed by atoms with Crippen LogP contribution in [0.3, 0.4) is 0 Å². The molecule has 2 rings (SSSR count). The monoisotopic (exact) mass is 373 g/mol. The second kappa shape index (κ2) is 12.9. The number of ether oxygens (including phenoxy) is 2. The largest absolute Gasteiger partial charge is 0.467 e. The fourth-order valence-corrected chi connectivity index (χ4v) is 2.52. The summed E-state index contributed by atoms with van der Waals surface area (Å²) >= 11 is 0. The lowest BCUT2D eigenvalue weighted by molar-refractivity contribution is 0.105. The van der Waals surface area contributed by atoms with E-state index in [1.165, 1.54) is 11.1 Å². The van der Waals surface area contributed by atoms with Crippen LogP contribution in [0, 0.1) is 0 Å². The van der Waals surface area contributed by atoms with Gasteiger partial charge in [-0.25, -0.2) is 4.99 Å². The summed E-state index contributed by atoms with van der Waals surface area (Å²) in [5.74, 6) is 1.67. The third-order valence-electron chi connectivity index (χ3n) is 3.91. The fraction of sp³-hybridized carbons (Fsp3) is 0.476. The molecule has 0 atom stereocenters. The molecular weight excluding hydrogens is 342 g/mol. The molecule has 2 aromatic rings. The van der Waals surface area contributed by atoms with E-state index in [9.17, 15) is 0 Å². The molecule has 2 N–H and O–H groups in total. The number of hydrogen-bond acceptors (Lipinski definition) is 4. The molecule has 27 heavy (non-hydrogen) atoms. The van der Waals surface area contributed by atoms with Crippen molar-refractivity contribution in [1.29, 1.82) is 0 Å². The molecule has 0 bridgehead atoms. The van der Waals surface area contributed by atoms with E-state index < -0.39 is 0 Å². The molecule has 1 aromatic carbocycles. The highest BCUT2D eigenvalue weighted by Crippen LogP contribution is 2.11. The first-order valence-electron chi connectivity index (χ1n) is 9.60. The Hall–Kier alpha value is -2.31. The van der Waals surface area contributed by atoms with Crippen LogP contribution in [0.1, 0.15) is 37.2 Å². The van der Waals surface area contributed by atoms with Crippen molar-refractivity contribution in [2.45, 2.75) is 40.0 Å². The van der Waals surface area contributed by atoms with Crippen LogP contribution in [0.4, 0.5) is 0 Å². The molecule has 6 heteroatoms. The lowest BCUT2D eigenvalue weighted by Crippen LogP contribution is -2.38. The van der Waals surface area contributed by atoms with E-state index in [0.717, 1.165) is 31.2 Å². The number of rotatable bonds is 12. The molecule has 0 spiro atoms. The van der Waals surface area contributed by atoms with Crippen LogP contribution in [-0.2, 0) is 29.2 Å². The Labute approximate surface area is 162 Å². The second-order valence-corrected chi connectivity index (χ2v) is 6.01. The summed E-state index contributed by atoms with van der Waals surface area (Å²) in [5.41, 5.74) is 2.37. The molecule has 0 saturated carbocycles. The smallest absolute Gasteiger partial charge is 0.191 e. The minimum absolute atomic E-state index is 0.512. The van der Waals surface area contributed by atoms with Crippen molar-refractivity contribution in [2.75, 3.05) is 26.3 Å². The lowest BCUT2D eigenvalue weighted by Gasteiger charge is -2.12. The van der Waals surface area contributed by atoms with E-state index in [0.29, 0.717) is 33.0 Å². The Kier molecular flexibility index (Phi) is 10.1. The van der Waals surface area contributed by atoms with E-state index in [1.807, 2.05) is 31.2 Å². The predicted octanol–water partition coefficient (Wildman–Crippen LogP) is 3.48. The number of hydrogen-bond donors (Lipinski definition) is 2. The number of nitrogens with one attached hydrogen (secondary N) is 2. The summed E-state index contributed by atoms with van der Waals surface area (Å²) in [6, 6.07) is 12.1. The maximum atomic E-state index is 5.59. The van der Waals surface area contributed by atoms with E-state index in [4.69, 9.17) is 18.9 Å². The molecule has 0 aliphatic carbocycles. The van der Waals surface area contributed by atoms with Gasteiger partial charge in [-0.15, -0.1) is 0 Å². The fourth-order valence-electron chi connectivity index (χ4n) is 2.52. The maximum absolute atomic E-state index is 5.59. The third kappa shape index (κ3) is 8.28. The van der Waals surface area contributed by atoms with Crippen molar-refractivity contribution in [1.82, 2.24) is 10.6 Å². The molecule has 0 amide bonds. The minimum Gasteiger partial charge on any atom is -0.467 e. The van der Waals surface area contributed by atoms with Gasteiger partial charge in [0.05, 0.1) is 19.4 Å². The molecule has 1 aromatic heterocycles. The van der Waals surface area contributed by atoms with Gasteiger partial charge >= 0.3 is 0 Å². The highest BCUT2D eigenvalue weighted by atomic mass is 16.5. The van der Waals surface area contributed by atoms with Gasteiger partial charge in [-0.3, -0.25) is 0 Å². The topological polar surface area (TPSA) is 68.0 Å². The maximum Gasteiger partial charge on any atom is 0.191 e. The van der Waals surface area contributed by atoms with Gasteiger partial charge in [0, 0.05) is 26.3 Å². The summed E-state index contributed by atoms with van der Waals surface area (Å²) < 4.78 is 16.4. The van der Waals surface area contributed by atoms with Gasteiger partial charge in [-0.05, 0) is 43.5 Å². The first-order valence-corrected chi connectivity index (χ1v) is 9.60. The first-order chi connectivity index (χ1) is 13.3. The number of nitrogens with zero attached hydrogens (tertiary/aromatic N) is 1. The highest BCUT2D eigenvalue weighted by molar-refractivity contribution is 5.79. The van der Waals surface area contributed by atoms with E-state index >= 15 is 0 Å². The average Bonchev–Trinajstić information content (AvgIpc) is 3.21. The zero-order valence-electron chi connectivity index (χ0n) is 16.4. The van der Waals surface area contributed by atoms with Crippen molar-refractivity contribution in [3.05, 3.63) is 59.5 Å². The molecule has 0 saturated heterocycles. The van der Waals surface area contributed by atoms with Crippen LogP contribution in [0.25, 0.3) is 0 Å². The number of aliphatic imine (C=N–C) groups is 1. The minimum atomic E-state index is 0.512. The molecule has 0 aliphatic rings. The number of benzene rings is 1. The molecule has 0 radical (unpaired) electrons. The van der Waals surface area contributed by atoms with Gasteiger partial charge < -0.3 is 24.5 Å². The summed E-state index contributed by atoms with van der Waals surface area (Å²) in [5, 5.41) is 6.63. The molecule has 0 unspecified atom stereocenters. The Morgan fingerprint density at radius 1 is 1.00 bits per heavy atom. The van der Waals surface area contributed by atoms with Crippen molar-refractivity contribution in [2.24, 2.45) is 4.99 Å². The third-order valence-corrected chi connectivity index (χ3v) is 3.91. The van der Waals surface area contributed by atoms with Crippen LogP contribution in [0.15, 0.2) is 52.1 Å². The van der Waals surface area contributed by atoms with Crippen molar-refractivity contribution in [3.8, 4) is 0 Å². The van der Waals surface area contributed by atoms with E-state index in [1.54, 1.807) is 6.26 Å². The highest BCUT2D eigenvalue weighted by Gasteiger charge is 2.03. The quantitative estimate of drug-likeness (QED) is 0.339. The van der Waals surface area contributed by atoms with Crippen molar-refractivity contribution >= 4 is 5.96 Å². The summed E-state index contributed by atoms with van der Waals surface area (Å²) in [7, 11) is 0. The van der Waals surface area contributed by atoms with Gasteiger partial charge in [-0.1, -0.05) is 24.3 Å².